The number of nitrogens with zero attached hydrogens (tertiary/aromatic N) is 3. The third-order valence-electron chi connectivity index (χ3n) is 4.16. The molecule has 0 amide bonds. The highest BCUT2D eigenvalue weighted by Crippen LogP contribution is 2.21. The lowest BCUT2D eigenvalue weighted by Gasteiger charge is -2.37. The zero-order valence-electron chi connectivity index (χ0n) is 14.2. The third kappa shape index (κ3) is 4.68. The molecule has 1 aliphatic rings. The molecular weight excluding hydrogens is 260 g/mol. The van der Waals surface area contributed by atoms with Crippen LogP contribution in [0.5, 0.6) is 0 Å². The largest absolute Gasteiger partial charge is 0.355 e. The van der Waals surface area contributed by atoms with Gasteiger partial charge in [-0.1, -0.05) is 13.8 Å². The second-order valence-electron chi connectivity index (χ2n) is 6.72. The number of hydrogen-bond donors (Lipinski definition) is 1. The summed E-state index contributed by atoms with van der Waals surface area (Å²) in [5.41, 5.74) is 2.44. The number of hydrogen-bond acceptors (Lipinski definition) is 4. The van der Waals surface area contributed by atoms with Gasteiger partial charge in [-0.3, -0.25) is 0 Å². The summed E-state index contributed by atoms with van der Waals surface area (Å²) in [6.07, 6.45) is 2.54. The lowest BCUT2D eigenvalue weighted by molar-refractivity contribution is 0.257. The van der Waals surface area contributed by atoms with Crippen LogP contribution < -0.4 is 10.2 Å². The highest BCUT2D eigenvalue weighted by Gasteiger charge is 2.22. The maximum Gasteiger partial charge on any atom is 0.129 e. The topological polar surface area (TPSA) is 31.4 Å². The highest BCUT2D eigenvalue weighted by molar-refractivity contribution is 5.43. The van der Waals surface area contributed by atoms with Gasteiger partial charge >= 0.3 is 0 Å². The lowest BCUT2D eigenvalue weighted by Crippen LogP contribution is -2.45. The summed E-state index contributed by atoms with van der Waals surface area (Å²) in [7, 11) is 4.35. The van der Waals surface area contributed by atoms with Gasteiger partial charge in [0.1, 0.15) is 5.82 Å². The first-order valence-corrected chi connectivity index (χ1v) is 8.08. The maximum absolute atomic E-state index is 4.76. The summed E-state index contributed by atoms with van der Waals surface area (Å²) in [6.45, 7) is 9.58. The predicted octanol–water partition coefficient (Wildman–Crippen LogP) is 2.42. The number of likely N-dealkylation sites (N-methyl/N-ethyl adjacent to an activating group) is 1. The van der Waals surface area contributed by atoms with Crippen LogP contribution in [0.2, 0.25) is 0 Å². The van der Waals surface area contributed by atoms with E-state index in [-0.39, 0.29) is 0 Å². The summed E-state index contributed by atoms with van der Waals surface area (Å²) in [4.78, 5) is 9.54. The van der Waals surface area contributed by atoms with Crippen molar-refractivity contribution in [1.29, 1.82) is 0 Å². The standard InChI is InChI=1S/C17H30N4/c1-13(2)18-11-15-9-14(3)19-17(10-15)21-8-6-7-16(12-21)20(4)5/h9-10,13,16,18H,6-8,11-12H2,1-5H3. The average Bonchev–Trinajstić information content (AvgIpc) is 2.44. The highest BCUT2D eigenvalue weighted by atomic mass is 15.2. The second-order valence-corrected chi connectivity index (χ2v) is 6.72. The van der Waals surface area contributed by atoms with Crippen molar-refractivity contribution in [3.63, 3.8) is 0 Å². The molecule has 1 N–H and O–H groups in total. The Morgan fingerprint density at radius 3 is 2.81 bits per heavy atom. The molecule has 1 fully saturated rings. The maximum atomic E-state index is 4.76. The fourth-order valence-electron chi connectivity index (χ4n) is 2.89. The summed E-state index contributed by atoms with van der Waals surface area (Å²) in [5, 5.41) is 3.49. The molecule has 1 aromatic rings. The van der Waals surface area contributed by atoms with Crippen molar-refractivity contribution in [3.8, 4) is 0 Å². The van der Waals surface area contributed by atoms with E-state index >= 15 is 0 Å². The molecule has 118 valence electrons. The van der Waals surface area contributed by atoms with Gasteiger partial charge in [0, 0.05) is 37.4 Å². The molecule has 1 unspecified atom stereocenters. The van der Waals surface area contributed by atoms with Gasteiger partial charge in [0.25, 0.3) is 0 Å². The number of aryl methyl sites for hydroxylation is 1. The molecule has 1 aromatic heterocycles. The van der Waals surface area contributed by atoms with Gasteiger partial charge in [0.2, 0.25) is 0 Å². The fourth-order valence-corrected chi connectivity index (χ4v) is 2.89. The molecule has 2 rings (SSSR count). The van der Waals surface area contributed by atoms with Crippen LogP contribution in [0, 0.1) is 6.92 Å². The van der Waals surface area contributed by atoms with E-state index in [0.29, 0.717) is 12.1 Å². The smallest absolute Gasteiger partial charge is 0.129 e. The van der Waals surface area contributed by atoms with Crippen molar-refractivity contribution in [2.75, 3.05) is 32.1 Å². The average molecular weight is 290 g/mol. The lowest BCUT2D eigenvalue weighted by atomic mass is 10.0. The van der Waals surface area contributed by atoms with Crippen molar-refractivity contribution >= 4 is 5.82 Å². The monoisotopic (exact) mass is 290 g/mol. The summed E-state index contributed by atoms with van der Waals surface area (Å²) >= 11 is 0. The molecule has 0 spiro atoms. The third-order valence-corrected chi connectivity index (χ3v) is 4.16. The van der Waals surface area contributed by atoms with Crippen molar-refractivity contribution in [3.05, 3.63) is 23.4 Å². The van der Waals surface area contributed by atoms with Crippen LogP contribution in [0.15, 0.2) is 12.1 Å². The molecular formula is C17H30N4. The van der Waals surface area contributed by atoms with E-state index in [0.717, 1.165) is 31.1 Å². The first-order valence-electron chi connectivity index (χ1n) is 8.08. The quantitative estimate of drug-likeness (QED) is 0.902. The minimum atomic E-state index is 0.509. The molecule has 21 heavy (non-hydrogen) atoms. The minimum Gasteiger partial charge on any atom is -0.355 e. The fraction of sp³-hybridized carbons (Fsp3) is 0.706. The molecule has 1 saturated heterocycles. The minimum absolute atomic E-state index is 0.509. The van der Waals surface area contributed by atoms with E-state index in [1.807, 2.05) is 0 Å². The van der Waals surface area contributed by atoms with Crippen LogP contribution in [-0.2, 0) is 6.54 Å². The van der Waals surface area contributed by atoms with Crippen LogP contribution in [0.1, 0.15) is 37.9 Å². The molecule has 0 saturated carbocycles. The Morgan fingerprint density at radius 2 is 2.14 bits per heavy atom. The van der Waals surface area contributed by atoms with E-state index in [4.69, 9.17) is 4.98 Å². The first kappa shape index (κ1) is 16.2. The van der Waals surface area contributed by atoms with E-state index in [1.165, 1.54) is 18.4 Å². The van der Waals surface area contributed by atoms with Gasteiger partial charge in [0.15, 0.2) is 0 Å². The Bertz CT molecular complexity index is 456. The summed E-state index contributed by atoms with van der Waals surface area (Å²) in [6, 6.07) is 5.58. The van der Waals surface area contributed by atoms with Crippen LogP contribution in [0.4, 0.5) is 5.82 Å². The molecule has 0 bridgehead atoms. The van der Waals surface area contributed by atoms with Crippen molar-refractivity contribution in [1.82, 2.24) is 15.2 Å². The molecule has 1 atom stereocenters. The first-order chi connectivity index (χ1) is 9.95. The van der Waals surface area contributed by atoms with Gasteiger partial charge in [-0.25, -0.2) is 4.98 Å². The van der Waals surface area contributed by atoms with Crippen LogP contribution in [0.3, 0.4) is 0 Å². The van der Waals surface area contributed by atoms with Crippen molar-refractivity contribution < 1.29 is 0 Å². The van der Waals surface area contributed by atoms with E-state index in [1.54, 1.807) is 0 Å². The summed E-state index contributed by atoms with van der Waals surface area (Å²) < 4.78 is 0. The van der Waals surface area contributed by atoms with Crippen molar-refractivity contribution in [2.45, 2.75) is 52.2 Å². The number of nitrogens with one attached hydrogen (secondary N) is 1. The van der Waals surface area contributed by atoms with Crippen LogP contribution in [-0.4, -0.2) is 49.2 Å². The molecule has 4 nitrogen and oxygen atoms in total. The van der Waals surface area contributed by atoms with Crippen molar-refractivity contribution in [2.24, 2.45) is 0 Å². The molecule has 2 heterocycles. The number of piperidine rings is 1. The van der Waals surface area contributed by atoms with E-state index in [9.17, 15) is 0 Å². The zero-order valence-corrected chi connectivity index (χ0v) is 14.2. The molecule has 0 radical (unpaired) electrons. The number of pyridine rings is 1. The van der Waals surface area contributed by atoms with Gasteiger partial charge in [0.05, 0.1) is 0 Å². The van der Waals surface area contributed by atoms with Gasteiger partial charge in [-0.15, -0.1) is 0 Å². The normalized spacial score (nSPS) is 19.6. The molecule has 0 aromatic carbocycles. The van der Waals surface area contributed by atoms with Gasteiger partial charge in [-0.05, 0) is 51.6 Å². The van der Waals surface area contributed by atoms with Gasteiger partial charge in [-0.2, -0.15) is 0 Å². The predicted molar refractivity (Wildman–Crippen MR) is 89.9 cm³/mol. The summed E-state index contributed by atoms with van der Waals surface area (Å²) in [5.74, 6) is 1.14. The zero-order chi connectivity index (χ0) is 15.4. The van der Waals surface area contributed by atoms with Gasteiger partial charge < -0.3 is 15.1 Å². The SMILES string of the molecule is Cc1cc(CNC(C)C)cc(N2CCCC(N(C)C)C2)n1. The molecule has 4 heteroatoms. The van der Waals surface area contributed by atoms with Crippen LogP contribution in [0.25, 0.3) is 0 Å². The Morgan fingerprint density at radius 1 is 1.38 bits per heavy atom. The Kier molecular flexibility index (Phi) is 5.59. The molecule has 1 aliphatic heterocycles. The molecule has 0 aliphatic carbocycles. The Hall–Kier alpha value is -1.13. The number of aromatic nitrogens is 1. The second kappa shape index (κ2) is 7.23. The van der Waals surface area contributed by atoms with Crippen LogP contribution >= 0.6 is 0 Å². The number of anilines is 1. The van der Waals surface area contributed by atoms with E-state index in [2.05, 4.69) is 62.1 Å². The van der Waals surface area contributed by atoms with E-state index < -0.39 is 0 Å². The Labute approximate surface area is 129 Å². The Balaban J connectivity index is 2.11. The number of rotatable bonds is 5.